The van der Waals surface area contributed by atoms with Crippen LogP contribution in [0.5, 0.6) is 0 Å². The molecule has 0 bridgehead atoms. The van der Waals surface area contributed by atoms with E-state index in [2.05, 4.69) is 10.3 Å². The van der Waals surface area contributed by atoms with Gasteiger partial charge in [0.2, 0.25) is 9.84 Å². The lowest BCUT2D eigenvalue weighted by Gasteiger charge is -2.12. The van der Waals surface area contributed by atoms with Gasteiger partial charge >= 0.3 is 6.18 Å². The summed E-state index contributed by atoms with van der Waals surface area (Å²) in [5.41, 5.74) is -0.388. The van der Waals surface area contributed by atoms with Crippen LogP contribution in [0, 0.1) is 0 Å². The number of hydrogen-bond donors (Lipinski definition) is 1. The van der Waals surface area contributed by atoms with E-state index >= 15 is 0 Å². The molecule has 0 aliphatic carbocycles. The summed E-state index contributed by atoms with van der Waals surface area (Å²) >= 11 is 0. The number of amides is 1. The SMILES string of the molecule is O=C(NCc1cccnc1)C(=Cc1cccc(C(F)(F)F)c1)S(=O)(=O)c1ccccc1. The molecule has 0 fully saturated rings. The minimum atomic E-state index is -4.61. The van der Waals surface area contributed by atoms with Gasteiger partial charge in [-0.05, 0) is 47.5 Å². The molecular formula is C22H17F3N2O3S. The highest BCUT2D eigenvalue weighted by Crippen LogP contribution is 2.30. The number of benzene rings is 2. The fourth-order valence-electron chi connectivity index (χ4n) is 2.72. The van der Waals surface area contributed by atoms with Crippen LogP contribution in [0.4, 0.5) is 13.2 Å². The Labute approximate surface area is 177 Å². The van der Waals surface area contributed by atoms with Crippen molar-refractivity contribution >= 4 is 21.8 Å². The Morgan fingerprint density at radius 2 is 1.74 bits per heavy atom. The number of carbonyl (C=O) groups excluding carboxylic acids is 1. The predicted molar refractivity (Wildman–Crippen MR) is 109 cm³/mol. The van der Waals surface area contributed by atoms with Crippen LogP contribution >= 0.6 is 0 Å². The van der Waals surface area contributed by atoms with Gasteiger partial charge in [0.05, 0.1) is 10.5 Å². The average molecular weight is 446 g/mol. The van der Waals surface area contributed by atoms with Crippen molar-refractivity contribution in [3.8, 4) is 0 Å². The van der Waals surface area contributed by atoms with E-state index in [4.69, 9.17) is 0 Å². The van der Waals surface area contributed by atoms with Gasteiger partial charge in [0.15, 0.2) is 0 Å². The largest absolute Gasteiger partial charge is 0.416 e. The lowest BCUT2D eigenvalue weighted by atomic mass is 10.1. The van der Waals surface area contributed by atoms with Gasteiger partial charge < -0.3 is 5.32 Å². The Kier molecular flexibility index (Phi) is 6.55. The normalized spacial score (nSPS) is 12.4. The number of pyridine rings is 1. The molecule has 0 aliphatic rings. The van der Waals surface area contributed by atoms with E-state index in [1.807, 2.05) is 0 Å². The predicted octanol–water partition coefficient (Wildman–Crippen LogP) is 4.23. The second kappa shape index (κ2) is 9.13. The van der Waals surface area contributed by atoms with Crippen LogP contribution in [0.1, 0.15) is 16.7 Å². The number of hydrogen-bond acceptors (Lipinski definition) is 4. The molecule has 0 spiro atoms. The first-order chi connectivity index (χ1) is 14.7. The van der Waals surface area contributed by atoms with Crippen LogP contribution in [-0.2, 0) is 27.4 Å². The molecule has 160 valence electrons. The Hall–Kier alpha value is -3.46. The quantitative estimate of drug-likeness (QED) is 0.575. The summed E-state index contributed by atoms with van der Waals surface area (Å²) in [7, 11) is -4.30. The van der Waals surface area contributed by atoms with Gasteiger partial charge in [0.25, 0.3) is 5.91 Å². The van der Waals surface area contributed by atoms with Gasteiger partial charge in [-0.15, -0.1) is 0 Å². The molecule has 0 atom stereocenters. The van der Waals surface area contributed by atoms with Crippen molar-refractivity contribution in [1.82, 2.24) is 10.3 Å². The van der Waals surface area contributed by atoms with Crippen molar-refractivity contribution in [1.29, 1.82) is 0 Å². The number of halogens is 3. The topological polar surface area (TPSA) is 76.1 Å². The molecule has 3 aromatic rings. The van der Waals surface area contributed by atoms with E-state index in [1.54, 1.807) is 24.4 Å². The summed E-state index contributed by atoms with van der Waals surface area (Å²) in [6, 6.07) is 14.6. The molecule has 0 aliphatic heterocycles. The Balaban J connectivity index is 2.02. The molecule has 1 heterocycles. The zero-order chi connectivity index (χ0) is 22.5. The third-order valence-electron chi connectivity index (χ3n) is 4.25. The highest BCUT2D eigenvalue weighted by molar-refractivity contribution is 7.96. The lowest BCUT2D eigenvalue weighted by molar-refractivity contribution is -0.137. The van der Waals surface area contributed by atoms with Crippen LogP contribution < -0.4 is 5.32 Å². The molecule has 3 rings (SSSR count). The monoisotopic (exact) mass is 446 g/mol. The number of nitrogens with zero attached hydrogens (tertiary/aromatic N) is 1. The van der Waals surface area contributed by atoms with Gasteiger partial charge in [-0.1, -0.05) is 36.4 Å². The molecule has 0 saturated heterocycles. The van der Waals surface area contributed by atoms with Crippen LogP contribution in [0.3, 0.4) is 0 Å². The molecule has 1 N–H and O–H groups in total. The van der Waals surface area contributed by atoms with E-state index in [0.29, 0.717) is 5.56 Å². The molecule has 5 nitrogen and oxygen atoms in total. The minimum absolute atomic E-state index is 0.00306. The highest BCUT2D eigenvalue weighted by Gasteiger charge is 2.31. The third kappa shape index (κ3) is 5.58. The van der Waals surface area contributed by atoms with E-state index in [1.165, 1.54) is 36.5 Å². The summed E-state index contributed by atoms with van der Waals surface area (Å²) < 4.78 is 65.4. The standard InChI is InChI=1S/C22H17F3N2O3S/c23-22(24,25)18-8-4-6-16(12-18)13-20(31(29,30)19-9-2-1-3-10-19)21(28)27-15-17-7-5-11-26-14-17/h1-14H,15H2,(H,27,28). The van der Waals surface area contributed by atoms with Gasteiger partial charge in [-0.25, -0.2) is 8.42 Å². The van der Waals surface area contributed by atoms with Crippen molar-refractivity contribution in [3.63, 3.8) is 0 Å². The van der Waals surface area contributed by atoms with E-state index in [9.17, 15) is 26.4 Å². The first-order valence-electron chi connectivity index (χ1n) is 9.04. The Morgan fingerprint density at radius 1 is 1.00 bits per heavy atom. The summed E-state index contributed by atoms with van der Waals surface area (Å²) in [5.74, 6) is -0.940. The number of aromatic nitrogens is 1. The minimum Gasteiger partial charge on any atom is -0.347 e. The average Bonchev–Trinajstić information content (AvgIpc) is 2.76. The first-order valence-corrected chi connectivity index (χ1v) is 10.5. The number of carbonyl (C=O) groups is 1. The van der Waals surface area contributed by atoms with Crippen molar-refractivity contribution in [2.24, 2.45) is 0 Å². The fraction of sp³-hybridized carbons (Fsp3) is 0.0909. The van der Waals surface area contributed by atoms with Crippen LogP contribution in [-0.4, -0.2) is 19.3 Å². The van der Waals surface area contributed by atoms with Gasteiger partial charge in [0.1, 0.15) is 4.91 Å². The van der Waals surface area contributed by atoms with Crippen molar-refractivity contribution in [2.45, 2.75) is 17.6 Å². The van der Waals surface area contributed by atoms with Gasteiger partial charge in [-0.2, -0.15) is 13.2 Å². The molecule has 9 heteroatoms. The zero-order valence-corrected chi connectivity index (χ0v) is 16.8. The lowest BCUT2D eigenvalue weighted by Crippen LogP contribution is -2.28. The molecule has 1 aromatic heterocycles. The summed E-state index contributed by atoms with van der Waals surface area (Å²) in [4.78, 5) is 15.9. The number of nitrogens with one attached hydrogen (secondary N) is 1. The van der Waals surface area contributed by atoms with Crippen LogP contribution in [0.2, 0.25) is 0 Å². The van der Waals surface area contributed by atoms with E-state index in [0.717, 1.165) is 24.3 Å². The van der Waals surface area contributed by atoms with Crippen molar-refractivity contribution in [3.05, 3.63) is 101 Å². The maximum absolute atomic E-state index is 13.1. The molecule has 31 heavy (non-hydrogen) atoms. The van der Waals surface area contributed by atoms with Crippen LogP contribution in [0.25, 0.3) is 6.08 Å². The highest BCUT2D eigenvalue weighted by atomic mass is 32.2. The second-order valence-corrected chi connectivity index (χ2v) is 8.41. The second-order valence-electron chi connectivity index (χ2n) is 6.49. The van der Waals surface area contributed by atoms with Gasteiger partial charge in [-0.3, -0.25) is 9.78 Å². The first kappa shape index (κ1) is 22.2. The number of alkyl halides is 3. The summed E-state index contributed by atoms with van der Waals surface area (Å²) in [6.45, 7) is -0.00306. The smallest absolute Gasteiger partial charge is 0.347 e. The number of sulfone groups is 1. The third-order valence-corrected chi connectivity index (χ3v) is 6.03. The Bertz CT molecular complexity index is 1190. The van der Waals surface area contributed by atoms with E-state index < -0.39 is 32.4 Å². The number of rotatable bonds is 6. The molecule has 0 radical (unpaired) electrons. The zero-order valence-electron chi connectivity index (χ0n) is 16.0. The molecule has 0 unspecified atom stereocenters. The van der Waals surface area contributed by atoms with Crippen molar-refractivity contribution < 1.29 is 26.4 Å². The Morgan fingerprint density at radius 3 is 2.39 bits per heavy atom. The molecule has 2 aromatic carbocycles. The molecule has 1 amide bonds. The maximum atomic E-state index is 13.1. The van der Waals surface area contributed by atoms with Gasteiger partial charge in [0, 0.05) is 18.9 Å². The summed E-state index contributed by atoms with van der Waals surface area (Å²) in [6.07, 6.45) is -0.618. The summed E-state index contributed by atoms with van der Waals surface area (Å²) in [5, 5.41) is 2.49. The van der Waals surface area contributed by atoms with E-state index in [-0.39, 0.29) is 17.0 Å². The van der Waals surface area contributed by atoms with Crippen molar-refractivity contribution in [2.75, 3.05) is 0 Å². The maximum Gasteiger partial charge on any atom is 0.416 e. The molecular weight excluding hydrogens is 429 g/mol. The molecule has 0 saturated carbocycles. The van der Waals surface area contributed by atoms with Crippen LogP contribution in [0.15, 0.2) is 88.9 Å². The fourth-order valence-corrected chi connectivity index (χ4v) is 4.10.